The van der Waals surface area contributed by atoms with E-state index in [0.717, 1.165) is 0 Å². The van der Waals surface area contributed by atoms with Crippen LogP contribution in [0.3, 0.4) is 0 Å². The molecule has 0 fully saturated rings. The minimum atomic E-state index is -0.625. The maximum absolute atomic E-state index is 12.4. The second-order valence-electron chi connectivity index (χ2n) is 3.93. The number of methoxy groups -OCH3 is 1. The minimum Gasteiger partial charge on any atom is -0.871 e. The van der Waals surface area contributed by atoms with Gasteiger partial charge in [0.05, 0.1) is 12.7 Å². The molecule has 0 aliphatic rings. The van der Waals surface area contributed by atoms with E-state index in [9.17, 15) is 9.90 Å². The van der Waals surface area contributed by atoms with E-state index in [1.54, 1.807) is 48.5 Å². The molecule has 0 spiro atoms. The van der Waals surface area contributed by atoms with E-state index in [0.29, 0.717) is 11.1 Å². The van der Waals surface area contributed by atoms with E-state index >= 15 is 0 Å². The summed E-state index contributed by atoms with van der Waals surface area (Å²) in [5.41, 5.74) is 1.07. The summed E-state index contributed by atoms with van der Waals surface area (Å²) in [4.78, 5) is 11.8. The summed E-state index contributed by atoms with van der Waals surface area (Å²) in [6, 6.07) is 17.5. The summed E-state index contributed by atoms with van der Waals surface area (Å²) in [6.07, 6.45) is 0. The third-order valence-electron chi connectivity index (χ3n) is 2.72. The molecule has 0 aliphatic carbocycles. The minimum absolute atomic E-state index is 0.0503. The van der Waals surface area contributed by atoms with Gasteiger partial charge in [0.1, 0.15) is 0 Å². The Morgan fingerprint density at radius 2 is 1.37 bits per heavy atom. The Labute approximate surface area is 111 Å². The van der Waals surface area contributed by atoms with Crippen molar-refractivity contribution in [2.45, 2.75) is 0 Å². The molecule has 0 unspecified atom stereocenters. The van der Waals surface area contributed by atoms with Crippen LogP contribution in [0.2, 0.25) is 0 Å². The Morgan fingerprint density at radius 3 is 1.84 bits per heavy atom. The predicted octanol–water partition coefficient (Wildman–Crippen LogP) is 2.09. The highest BCUT2D eigenvalue weighted by Gasteiger charge is 2.13. The van der Waals surface area contributed by atoms with Crippen LogP contribution in [0.15, 0.2) is 60.7 Å². The first-order valence-electron chi connectivity index (χ1n) is 5.84. The first-order valence-corrected chi connectivity index (χ1v) is 5.84. The van der Waals surface area contributed by atoms with Crippen molar-refractivity contribution in [1.82, 2.24) is 0 Å². The van der Waals surface area contributed by atoms with Crippen molar-refractivity contribution in [2.75, 3.05) is 7.11 Å². The van der Waals surface area contributed by atoms with Crippen molar-refractivity contribution in [3.63, 3.8) is 0 Å². The lowest BCUT2D eigenvalue weighted by Crippen LogP contribution is -2.13. The Hall–Kier alpha value is -2.55. The van der Waals surface area contributed by atoms with Crippen LogP contribution in [0.25, 0.3) is 11.3 Å². The third kappa shape index (κ3) is 2.83. The average Bonchev–Trinajstić information content (AvgIpc) is 2.49. The van der Waals surface area contributed by atoms with E-state index in [2.05, 4.69) is 0 Å². The fourth-order valence-electron chi connectivity index (χ4n) is 1.78. The van der Waals surface area contributed by atoms with Crippen LogP contribution < -0.4 is 5.11 Å². The monoisotopic (exact) mass is 253 g/mol. The van der Waals surface area contributed by atoms with E-state index < -0.39 is 5.97 Å². The van der Waals surface area contributed by atoms with E-state index in [1.165, 1.54) is 7.11 Å². The van der Waals surface area contributed by atoms with Gasteiger partial charge in [-0.05, 0) is 11.1 Å². The molecular formula is C16H13O3-. The molecule has 3 nitrogen and oxygen atoms in total. The van der Waals surface area contributed by atoms with Crippen LogP contribution >= 0.6 is 0 Å². The van der Waals surface area contributed by atoms with E-state index in [1.807, 2.05) is 12.1 Å². The molecule has 0 saturated heterocycles. The molecule has 0 bridgehead atoms. The van der Waals surface area contributed by atoms with Gasteiger partial charge in [0.15, 0.2) is 0 Å². The van der Waals surface area contributed by atoms with Crippen LogP contribution in [0, 0.1) is 0 Å². The first-order chi connectivity index (χ1) is 9.24. The molecule has 0 amide bonds. The van der Waals surface area contributed by atoms with Gasteiger partial charge in [0.2, 0.25) is 0 Å². The van der Waals surface area contributed by atoms with Gasteiger partial charge < -0.3 is 9.84 Å². The molecule has 0 saturated carbocycles. The molecule has 0 heterocycles. The molecule has 0 radical (unpaired) electrons. The highest BCUT2D eigenvalue weighted by Crippen LogP contribution is 2.23. The quantitative estimate of drug-likeness (QED) is 0.364. The van der Waals surface area contributed by atoms with Crippen molar-refractivity contribution >= 4 is 17.3 Å². The Morgan fingerprint density at radius 1 is 0.895 bits per heavy atom. The fraction of sp³-hybridized carbons (Fsp3) is 0.0625. The zero-order valence-electron chi connectivity index (χ0n) is 10.5. The van der Waals surface area contributed by atoms with Crippen LogP contribution in [0.1, 0.15) is 11.1 Å². The Kier molecular flexibility index (Phi) is 3.98. The van der Waals surface area contributed by atoms with Crippen LogP contribution in [-0.4, -0.2) is 13.1 Å². The van der Waals surface area contributed by atoms with E-state index in [4.69, 9.17) is 4.74 Å². The number of carbonyl (C=O) groups is 1. The highest BCUT2D eigenvalue weighted by molar-refractivity contribution is 6.23. The lowest BCUT2D eigenvalue weighted by Gasteiger charge is -2.18. The molecule has 19 heavy (non-hydrogen) atoms. The predicted molar refractivity (Wildman–Crippen MR) is 71.7 cm³/mol. The summed E-state index contributed by atoms with van der Waals surface area (Å²) in [5.74, 6) is -0.960. The van der Waals surface area contributed by atoms with Gasteiger partial charge in [-0.3, -0.25) is 0 Å². The largest absolute Gasteiger partial charge is 0.871 e. The molecule has 0 N–H and O–H groups in total. The summed E-state index contributed by atoms with van der Waals surface area (Å²) in [5, 5.41) is 12.4. The molecule has 96 valence electrons. The second kappa shape index (κ2) is 5.87. The molecule has 2 aromatic rings. The number of hydrogen-bond donors (Lipinski definition) is 0. The highest BCUT2D eigenvalue weighted by atomic mass is 16.5. The molecule has 0 atom stereocenters. The van der Waals surface area contributed by atoms with Crippen LogP contribution in [0.4, 0.5) is 0 Å². The first kappa shape index (κ1) is 12.9. The zero-order chi connectivity index (χ0) is 13.7. The number of carbonyl (C=O) groups excluding carboxylic acids is 1. The van der Waals surface area contributed by atoms with Crippen molar-refractivity contribution < 1.29 is 14.6 Å². The number of ether oxygens (including phenoxy) is 1. The Balaban J connectivity index is 2.58. The van der Waals surface area contributed by atoms with Gasteiger partial charge in [0, 0.05) is 0 Å². The van der Waals surface area contributed by atoms with Gasteiger partial charge in [-0.1, -0.05) is 66.4 Å². The number of esters is 1. The van der Waals surface area contributed by atoms with Crippen LogP contribution in [-0.2, 0) is 9.53 Å². The molecule has 0 aliphatic heterocycles. The molecule has 2 aromatic carbocycles. The average molecular weight is 253 g/mol. The summed E-state index contributed by atoms with van der Waals surface area (Å²) in [6.45, 7) is 0. The standard InChI is InChI=1S/C16H14O3/c1-19-16(18)14(12-8-4-2-5-9-12)15(17)13-10-6-3-7-11-13/h2-11,17H,1H3/p-1/b15-14+. The van der Waals surface area contributed by atoms with Gasteiger partial charge in [0.25, 0.3) is 0 Å². The number of rotatable bonds is 3. The lowest BCUT2D eigenvalue weighted by molar-refractivity contribution is -0.243. The van der Waals surface area contributed by atoms with Crippen LogP contribution in [0.5, 0.6) is 0 Å². The number of hydrogen-bond acceptors (Lipinski definition) is 3. The molecular weight excluding hydrogens is 240 g/mol. The SMILES string of the molecule is COC(=O)/C(=C(/[O-])c1ccccc1)c1ccccc1. The van der Waals surface area contributed by atoms with Crippen molar-refractivity contribution in [3.05, 3.63) is 71.8 Å². The molecule has 3 heteroatoms. The summed E-state index contributed by atoms with van der Waals surface area (Å²) < 4.78 is 4.71. The van der Waals surface area contributed by atoms with Crippen molar-refractivity contribution in [3.8, 4) is 0 Å². The Bertz CT molecular complexity index is 586. The third-order valence-corrected chi connectivity index (χ3v) is 2.72. The normalized spacial score (nSPS) is 11.6. The molecule has 2 rings (SSSR count). The summed E-state index contributed by atoms with van der Waals surface area (Å²) >= 11 is 0. The van der Waals surface area contributed by atoms with E-state index in [-0.39, 0.29) is 11.3 Å². The fourth-order valence-corrected chi connectivity index (χ4v) is 1.78. The smallest absolute Gasteiger partial charge is 0.337 e. The second-order valence-corrected chi connectivity index (χ2v) is 3.93. The zero-order valence-corrected chi connectivity index (χ0v) is 10.5. The van der Waals surface area contributed by atoms with Gasteiger partial charge in [-0.2, -0.15) is 0 Å². The van der Waals surface area contributed by atoms with Crippen molar-refractivity contribution in [2.24, 2.45) is 0 Å². The van der Waals surface area contributed by atoms with Gasteiger partial charge in [-0.15, -0.1) is 0 Å². The van der Waals surface area contributed by atoms with Crippen molar-refractivity contribution in [1.29, 1.82) is 0 Å². The topological polar surface area (TPSA) is 49.4 Å². The lowest BCUT2D eigenvalue weighted by atomic mass is 10.0. The molecule has 0 aromatic heterocycles. The maximum atomic E-state index is 12.4. The van der Waals surface area contributed by atoms with Gasteiger partial charge >= 0.3 is 5.97 Å². The maximum Gasteiger partial charge on any atom is 0.337 e. The van der Waals surface area contributed by atoms with Gasteiger partial charge in [-0.25, -0.2) is 4.79 Å². The number of benzene rings is 2. The summed E-state index contributed by atoms with van der Waals surface area (Å²) in [7, 11) is 1.27.